The van der Waals surface area contributed by atoms with Crippen molar-refractivity contribution in [2.24, 2.45) is 0 Å². The van der Waals surface area contributed by atoms with Gasteiger partial charge in [-0.15, -0.1) is 0 Å². The van der Waals surface area contributed by atoms with E-state index in [9.17, 15) is 4.39 Å². The molecule has 0 amide bonds. The maximum Gasteiger partial charge on any atom is 0.237 e. The third-order valence-corrected chi connectivity index (χ3v) is 4.23. The van der Waals surface area contributed by atoms with Crippen molar-refractivity contribution >= 4 is 0 Å². The van der Waals surface area contributed by atoms with E-state index in [0.717, 1.165) is 24.9 Å². The van der Waals surface area contributed by atoms with Gasteiger partial charge in [-0.05, 0) is 30.5 Å². The molecule has 5 nitrogen and oxygen atoms in total. The predicted octanol–water partition coefficient (Wildman–Crippen LogP) is 1.95. The summed E-state index contributed by atoms with van der Waals surface area (Å²) in [6.07, 6.45) is 1.91. The van der Waals surface area contributed by atoms with E-state index in [1.165, 1.54) is 12.1 Å². The first-order chi connectivity index (χ1) is 10.3. The SMILES string of the molecule is Fc1ccc(C2(c3nc([C@H]4COCCN4)no3)CC2)cc1. The van der Waals surface area contributed by atoms with Crippen molar-refractivity contribution in [3.05, 3.63) is 47.4 Å². The van der Waals surface area contributed by atoms with Crippen LogP contribution in [-0.2, 0) is 10.2 Å². The van der Waals surface area contributed by atoms with Gasteiger partial charge in [0.1, 0.15) is 5.82 Å². The van der Waals surface area contributed by atoms with Crippen molar-refractivity contribution in [1.82, 2.24) is 15.5 Å². The van der Waals surface area contributed by atoms with Gasteiger partial charge in [0.2, 0.25) is 5.89 Å². The summed E-state index contributed by atoms with van der Waals surface area (Å²) in [6, 6.07) is 6.54. The second kappa shape index (κ2) is 4.89. The molecule has 110 valence electrons. The molecule has 2 heterocycles. The van der Waals surface area contributed by atoms with E-state index in [2.05, 4.69) is 15.5 Å². The Kier molecular flexibility index (Phi) is 3.01. The van der Waals surface area contributed by atoms with Gasteiger partial charge in [0.25, 0.3) is 0 Å². The molecule has 1 aromatic heterocycles. The molecule has 4 rings (SSSR count). The first-order valence-electron chi connectivity index (χ1n) is 7.19. The van der Waals surface area contributed by atoms with Crippen LogP contribution in [0, 0.1) is 5.82 Å². The number of ether oxygens (including phenoxy) is 1. The zero-order valence-electron chi connectivity index (χ0n) is 11.5. The Morgan fingerprint density at radius 2 is 2.05 bits per heavy atom. The normalized spacial score (nSPS) is 24.0. The van der Waals surface area contributed by atoms with Crippen LogP contribution in [0.1, 0.15) is 36.2 Å². The third-order valence-electron chi connectivity index (χ3n) is 4.23. The van der Waals surface area contributed by atoms with Crippen LogP contribution in [0.4, 0.5) is 4.39 Å². The number of hydrogen-bond acceptors (Lipinski definition) is 5. The van der Waals surface area contributed by atoms with E-state index in [4.69, 9.17) is 9.26 Å². The predicted molar refractivity (Wildman–Crippen MR) is 72.3 cm³/mol. The molecule has 1 aromatic carbocycles. The van der Waals surface area contributed by atoms with E-state index >= 15 is 0 Å². The molecule has 2 aliphatic rings. The Bertz CT molecular complexity index is 631. The summed E-state index contributed by atoms with van der Waals surface area (Å²) in [4.78, 5) is 4.55. The number of nitrogens with zero attached hydrogens (tertiary/aromatic N) is 2. The molecule has 1 aliphatic heterocycles. The number of rotatable bonds is 3. The molecule has 21 heavy (non-hydrogen) atoms. The lowest BCUT2D eigenvalue weighted by Crippen LogP contribution is -2.35. The number of morpholine rings is 1. The minimum absolute atomic E-state index is 0.0136. The van der Waals surface area contributed by atoms with Gasteiger partial charge < -0.3 is 14.6 Å². The summed E-state index contributed by atoms with van der Waals surface area (Å²) in [6.45, 7) is 2.06. The number of hydrogen-bond donors (Lipinski definition) is 1. The molecule has 1 saturated heterocycles. The highest BCUT2D eigenvalue weighted by atomic mass is 19.1. The lowest BCUT2D eigenvalue weighted by Gasteiger charge is -2.20. The average molecular weight is 289 g/mol. The largest absolute Gasteiger partial charge is 0.378 e. The van der Waals surface area contributed by atoms with Crippen LogP contribution in [-0.4, -0.2) is 29.9 Å². The fourth-order valence-electron chi connectivity index (χ4n) is 2.82. The van der Waals surface area contributed by atoms with E-state index in [0.29, 0.717) is 24.9 Å². The van der Waals surface area contributed by atoms with E-state index in [-0.39, 0.29) is 17.3 Å². The third kappa shape index (κ3) is 2.24. The zero-order chi connectivity index (χ0) is 14.3. The highest BCUT2D eigenvalue weighted by Crippen LogP contribution is 2.52. The van der Waals surface area contributed by atoms with Gasteiger partial charge >= 0.3 is 0 Å². The first-order valence-corrected chi connectivity index (χ1v) is 7.19. The quantitative estimate of drug-likeness (QED) is 0.936. The van der Waals surface area contributed by atoms with Crippen molar-refractivity contribution in [1.29, 1.82) is 0 Å². The van der Waals surface area contributed by atoms with Crippen LogP contribution < -0.4 is 5.32 Å². The maximum atomic E-state index is 13.1. The van der Waals surface area contributed by atoms with E-state index in [1.807, 2.05) is 0 Å². The number of halogens is 1. The maximum absolute atomic E-state index is 13.1. The molecular weight excluding hydrogens is 273 g/mol. The minimum Gasteiger partial charge on any atom is -0.378 e. The lowest BCUT2D eigenvalue weighted by molar-refractivity contribution is 0.0734. The Labute approximate surface area is 121 Å². The van der Waals surface area contributed by atoms with E-state index < -0.39 is 0 Å². The molecule has 2 aromatic rings. The summed E-state index contributed by atoms with van der Waals surface area (Å²) < 4.78 is 24.0. The van der Waals surface area contributed by atoms with Crippen molar-refractivity contribution < 1.29 is 13.7 Å². The summed E-state index contributed by atoms with van der Waals surface area (Å²) in [5.41, 5.74) is 0.807. The number of benzene rings is 1. The Morgan fingerprint density at radius 3 is 2.71 bits per heavy atom. The van der Waals surface area contributed by atoms with Gasteiger partial charge in [0, 0.05) is 6.54 Å². The van der Waals surface area contributed by atoms with Crippen molar-refractivity contribution in [2.45, 2.75) is 24.3 Å². The van der Waals surface area contributed by atoms with Crippen LogP contribution in [0.2, 0.25) is 0 Å². The molecule has 1 atom stereocenters. The molecule has 2 fully saturated rings. The Balaban J connectivity index is 1.61. The van der Waals surface area contributed by atoms with Crippen LogP contribution in [0.5, 0.6) is 0 Å². The fraction of sp³-hybridized carbons (Fsp3) is 0.467. The molecular formula is C15H16FN3O2. The van der Waals surface area contributed by atoms with Gasteiger partial charge in [-0.2, -0.15) is 4.98 Å². The average Bonchev–Trinajstić information content (AvgIpc) is 3.19. The second-order valence-corrected chi connectivity index (χ2v) is 5.63. The van der Waals surface area contributed by atoms with Crippen LogP contribution in [0.15, 0.2) is 28.8 Å². The Morgan fingerprint density at radius 1 is 1.24 bits per heavy atom. The standard InChI is InChI=1S/C15H16FN3O2/c16-11-3-1-10(2-4-11)15(5-6-15)14-18-13(19-21-14)12-9-20-8-7-17-12/h1-4,12,17H,5-9H2/t12-/m1/s1. The van der Waals surface area contributed by atoms with E-state index in [1.54, 1.807) is 12.1 Å². The van der Waals surface area contributed by atoms with Gasteiger partial charge in [0.05, 0.1) is 24.7 Å². The van der Waals surface area contributed by atoms with Crippen molar-refractivity contribution in [2.75, 3.05) is 19.8 Å². The van der Waals surface area contributed by atoms with Crippen LogP contribution in [0.3, 0.4) is 0 Å². The van der Waals surface area contributed by atoms with Crippen LogP contribution in [0.25, 0.3) is 0 Å². The summed E-state index contributed by atoms with van der Waals surface area (Å²) >= 11 is 0. The summed E-state index contributed by atoms with van der Waals surface area (Å²) in [5.74, 6) is 1.03. The van der Waals surface area contributed by atoms with Crippen molar-refractivity contribution in [3.63, 3.8) is 0 Å². The Hall–Kier alpha value is -1.79. The molecule has 1 aliphatic carbocycles. The van der Waals surface area contributed by atoms with Gasteiger partial charge in [-0.1, -0.05) is 17.3 Å². The van der Waals surface area contributed by atoms with Gasteiger partial charge in [-0.25, -0.2) is 4.39 Å². The molecule has 1 saturated carbocycles. The topological polar surface area (TPSA) is 60.2 Å². The van der Waals surface area contributed by atoms with Gasteiger partial charge in [-0.3, -0.25) is 0 Å². The summed E-state index contributed by atoms with van der Waals surface area (Å²) in [7, 11) is 0. The molecule has 6 heteroatoms. The molecule has 0 radical (unpaired) electrons. The molecule has 1 N–H and O–H groups in total. The van der Waals surface area contributed by atoms with Gasteiger partial charge in [0.15, 0.2) is 5.82 Å². The van der Waals surface area contributed by atoms with Crippen LogP contribution >= 0.6 is 0 Å². The fourth-order valence-corrected chi connectivity index (χ4v) is 2.82. The molecule has 0 spiro atoms. The monoisotopic (exact) mass is 289 g/mol. The number of nitrogens with one attached hydrogen (secondary N) is 1. The molecule has 0 bridgehead atoms. The highest BCUT2D eigenvalue weighted by molar-refractivity contribution is 5.38. The first kappa shape index (κ1) is 12.9. The smallest absolute Gasteiger partial charge is 0.237 e. The highest BCUT2D eigenvalue weighted by Gasteiger charge is 2.51. The second-order valence-electron chi connectivity index (χ2n) is 5.63. The van der Waals surface area contributed by atoms with Crippen molar-refractivity contribution in [3.8, 4) is 0 Å². The molecule has 0 unspecified atom stereocenters. The zero-order valence-corrected chi connectivity index (χ0v) is 11.5. The minimum atomic E-state index is -0.232. The lowest BCUT2D eigenvalue weighted by atomic mass is 9.96. The number of aromatic nitrogens is 2. The summed E-state index contributed by atoms with van der Waals surface area (Å²) in [5, 5.41) is 7.39.